The molecule has 0 aliphatic heterocycles. The third kappa shape index (κ3) is 2.72. The summed E-state index contributed by atoms with van der Waals surface area (Å²) in [4.78, 5) is 0. The molecule has 0 atom stereocenters. The van der Waals surface area contributed by atoms with Crippen LogP contribution in [-0.4, -0.2) is 9.78 Å². The average Bonchev–Trinajstić information content (AvgIpc) is 2.55. The van der Waals surface area contributed by atoms with Crippen molar-refractivity contribution in [3.63, 3.8) is 0 Å². The predicted molar refractivity (Wildman–Crippen MR) is 73.4 cm³/mol. The fourth-order valence-corrected chi connectivity index (χ4v) is 2.37. The summed E-state index contributed by atoms with van der Waals surface area (Å²) in [5.41, 5.74) is 0.564. The summed E-state index contributed by atoms with van der Waals surface area (Å²) in [7, 11) is 0. The van der Waals surface area contributed by atoms with E-state index in [1.165, 1.54) is 16.8 Å². The Bertz CT molecular complexity index is 633. The largest absolute Gasteiger partial charge is 0.418 e. The average molecular weight is 398 g/mol. The van der Waals surface area contributed by atoms with Gasteiger partial charge in [0.2, 0.25) is 0 Å². The molecule has 2 aromatic rings. The fourth-order valence-electron chi connectivity index (χ4n) is 1.78. The molecule has 0 fully saturated rings. The second-order valence-electron chi connectivity index (χ2n) is 4.06. The van der Waals surface area contributed by atoms with E-state index in [0.717, 1.165) is 6.07 Å². The zero-order valence-corrected chi connectivity index (χ0v) is 13.2. The first-order chi connectivity index (χ1) is 8.71. The number of halogens is 5. The van der Waals surface area contributed by atoms with Gasteiger partial charge < -0.3 is 0 Å². The smallest absolute Gasteiger partial charge is 0.236 e. The molecule has 0 aliphatic carbocycles. The predicted octanol–water partition coefficient (Wildman–Crippen LogP) is 5.03. The molecule has 0 spiro atoms. The van der Waals surface area contributed by atoms with Crippen LogP contribution >= 0.6 is 31.9 Å². The first-order valence-electron chi connectivity index (χ1n) is 5.30. The van der Waals surface area contributed by atoms with Gasteiger partial charge in [0, 0.05) is 4.47 Å². The van der Waals surface area contributed by atoms with Crippen LogP contribution in [0.15, 0.2) is 27.1 Å². The summed E-state index contributed by atoms with van der Waals surface area (Å²) in [6.07, 6.45) is -4.42. The molecule has 2 nitrogen and oxygen atoms in total. The SMILES string of the molecule is Cc1nn(-c2cc(Br)ccc2C(F)(F)F)c(C)c1Br. The normalized spacial score (nSPS) is 11.9. The fraction of sp³-hybridized carbons (Fsp3) is 0.250. The molecule has 0 unspecified atom stereocenters. The number of hydrogen-bond donors (Lipinski definition) is 0. The van der Waals surface area contributed by atoms with E-state index in [1.54, 1.807) is 13.8 Å². The van der Waals surface area contributed by atoms with Crippen LogP contribution in [0, 0.1) is 13.8 Å². The Balaban J connectivity index is 2.74. The Hall–Kier alpha value is -0.820. The highest BCUT2D eigenvalue weighted by molar-refractivity contribution is 9.10. The summed E-state index contributed by atoms with van der Waals surface area (Å²) in [6.45, 7) is 3.45. The Morgan fingerprint density at radius 3 is 2.26 bits per heavy atom. The minimum atomic E-state index is -4.42. The van der Waals surface area contributed by atoms with Crippen LogP contribution in [0.1, 0.15) is 17.0 Å². The topological polar surface area (TPSA) is 17.8 Å². The van der Waals surface area contributed by atoms with E-state index >= 15 is 0 Å². The van der Waals surface area contributed by atoms with Gasteiger partial charge in [-0.3, -0.25) is 0 Å². The number of alkyl halides is 3. The summed E-state index contributed by atoms with van der Waals surface area (Å²) in [5, 5.41) is 4.14. The minimum Gasteiger partial charge on any atom is -0.236 e. The Morgan fingerprint density at radius 1 is 1.16 bits per heavy atom. The number of benzene rings is 1. The van der Waals surface area contributed by atoms with Gasteiger partial charge in [-0.25, -0.2) is 4.68 Å². The Kier molecular flexibility index (Phi) is 3.79. The molecule has 0 N–H and O–H groups in total. The van der Waals surface area contributed by atoms with Crippen molar-refractivity contribution < 1.29 is 13.2 Å². The van der Waals surface area contributed by atoms with Crippen LogP contribution in [-0.2, 0) is 6.18 Å². The van der Waals surface area contributed by atoms with Gasteiger partial charge in [0.05, 0.1) is 27.1 Å². The molecule has 0 radical (unpaired) electrons. The maximum Gasteiger partial charge on any atom is 0.418 e. The molecular formula is C12H9Br2F3N2. The second kappa shape index (κ2) is 4.94. The molecule has 0 amide bonds. The van der Waals surface area contributed by atoms with Gasteiger partial charge in [-0.05, 0) is 48.0 Å². The number of nitrogens with zero attached hydrogens (tertiary/aromatic N) is 2. The third-order valence-corrected chi connectivity index (χ3v) is 4.34. The van der Waals surface area contributed by atoms with E-state index in [2.05, 4.69) is 37.0 Å². The van der Waals surface area contributed by atoms with Gasteiger partial charge in [0.1, 0.15) is 0 Å². The van der Waals surface area contributed by atoms with Crippen molar-refractivity contribution in [3.8, 4) is 5.69 Å². The highest BCUT2D eigenvalue weighted by Crippen LogP contribution is 2.36. The lowest BCUT2D eigenvalue weighted by atomic mass is 10.1. The van der Waals surface area contributed by atoms with Crippen molar-refractivity contribution in [1.82, 2.24) is 9.78 Å². The zero-order valence-electron chi connectivity index (χ0n) is 10.0. The van der Waals surface area contributed by atoms with E-state index in [4.69, 9.17) is 0 Å². The monoisotopic (exact) mass is 396 g/mol. The molecule has 0 saturated carbocycles. The summed E-state index contributed by atoms with van der Waals surface area (Å²) in [5.74, 6) is 0. The van der Waals surface area contributed by atoms with Crippen LogP contribution < -0.4 is 0 Å². The zero-order chi connectivity index (χ0) is 14.4. The Labute approximate surface area is 124 Å². The second-order valence-corrected chi connectivity index (χ2v) is 5.76. The lowest BCUT2D eigenvalue weighted by Crippen LogP contribution is -2.12. The molecule has 1 aromatic carbocycles. The van der Waals surface area contributed by atoms with E-state index in [9.17, 15) is 13.2 Å². The molecular weight excluding hydrogens is 389 g/mol. The highest BCUT2D eigenvalue weighted by Gasteiger charge is 2.34. The quantitative estimate of drug-likeness (QED) is 0.659. The Morgan fingerprint density at radius 2 is 1.79 bits per heavy atom. The summed E-state index contributed by atoms with van der Waals surface area (Å²) in [6, 6.07) is 3.82. The van der Waals surface area contributed by atoms with Crippen LogP contribution in [0.5, 0.6) is 0 Å². The summed E-state index contributed by atoms with van der Waals surface area (Å²) < 4.78 is 41.7. The van der Waals surface area contributed by atoms with E-state index < -0.39 is 11.7 Å². The van der Waals surface area contributed by atoms with Crippen molar-refractivity contribution in [1.29, 1.82) is 0 Å². The first kappa shape index (κ1) is 14.6. The number of hydrogen-bond acceptors (Lipinski definition) is 1. The molecule has 1 aromatic heterocycles. The van der Waals surface area contributed by atoms with Crippen LogP contribution in [0.4, 0.5) is 13.2 Å². The van der Waals surface area contributed by atoms with Gasteiger partial charge >= 0.3 is 6.18 Å². The van der Waals surface area contributed by atoms with Crippen molar-refractivity contribution in [2.75, 3.05) is 0 Å². The van der Waals surface area contributed by atoms with Gasteiger partial charge in [-0.1, -0.05) is 15.9 Å². The summed E-state index contributed by atoms with van der Waals surface area (Å²) >= 11 is 6.50. The lowest BCUT2D eigenvalue weighted by molar-refractivity contribution is -0.137. The van der Waals surface area contributed by atoms with Gasteiger partial charge in [-0.2, -0.15) is 18.3 Å². The van der Waals surface area contributed by atoms with Gasteiger partial charge in [0.25, 0.3) is 0 Å². The van der Waals surface area contributed by atoms with Crippen LogP contribution in [0.3, 0.4) is 0 Å². The van der Waals surface area contributed by atoms with Gasteiger partial charge in [0.15, 0.2) is 0 Å². The highest BCUT2D eigenvalue weighted by atomic mass is 79.9. The molecule has 0 saturated heterocycles. The van der Waals surface area contributed by atoms with Crippen molar-refractivity contribution in [3.05, 3.63) is 44.1 Å². The number of aryl methyl sites for hydroxylation is 1. The van der Waals surface area contributed by atoms with E-state index in [1.807, 2.05) is 0 Å². The number of rotatable bonds is 1. The molecule has 102 valence electrons. The lowest BCUT2D eigenvalue weighted by Gasteiger charge is -2.14. The maximum atomic E-state index is 13.0. The van der Waals surface area contributed by atoms with Crippen molar-refractivity contribution in [2.24, 2.45) is 0 Å². The molecule has 0 aliphatic rings. The van der Waals surface area contributed by atoms with Crippen LogP contribution in [0.2, 0.25) is 0 Å². The standard InChI is InChI=1S/C12H9Br2F3N2/c1-6-11(14)7(2)19(18-6)10-5-8(13)3-4-9(10)12(15,16)17/h3-5H,1-2H3. The molecule has 0 bridgehead atoms. The molecule has 7 heteroatoms. The minimum absolute atomic E-state index is 0.00757. The van der Waals surface area contributed by atoms with Crippen LogP contribution in [0.25, 0.3) is 5.69 Å². The van der Waals surface area contributed by atoms with E-state index in [0.29, 0.717) is 20.3 Å². The molecule has 1 heterocycles. The molecule has 19 heavy (non-hydrogen) atoms. The maximum absolute atomic E-state index is 13.0. The van der Waals surface area contributed by atoms with Crippen molar-refractivity contribution >= 4 is 31.9 Å². The molecule has 2 rings (SSSR count). The number of aromatic nitrogens is 2. The first-order valence-corrected chi connectivity index (χ1v) is 6.89. The third-order valence-electron chi connectivity index (χ3n) is 2.70. The van der Waals surface area contributed by atoms with Crippen molar-refractivity contribution in [2.45, 2.75) is 20.0 Å². The van der Waals surface area contributed by atoms with Gasteiger partial charge in [-0.15, -0.1) is 0 Å². The van der Waals surface area contributed by atoms with E-state index in [-0.39, 0.29) is 5.69 Å².